The number of alkyl carbamates (subject to hydrolysis) is 1. The van der Waals surface area contributed by atoms with Crippen LogP contribution >= 0.6 is 0 Å². The third kappa shape index (κ3) is 7.95. The highest BCUT2D eigenvalue weighted by Gasteiger charge is 2.29. The molecule has 0 bridgehead atoms. The van der Waals surface area contributed by atoms with Crippen LogP contribution in [-0.4, -0.2) is 48.7 Å². The van der Waals surface area contributed by atoms with Crippen LogP contribution in [-0.2, 0) is 19.1 Å². The smallest absolute Gasteiger partial charge is 0.408 e. The fourth-order valence-corrected chi connectivity index (χ4v) is 2.62. The van der Waals surface area contributed by atoms with Crippen molar-refractivity contribution in [3.05, 3.63) is 29.3 Å². The van der Waals surface area contributed by atoms with Crippen LogP contribution in [0.5, 0.6) is 0 Å². The summed E-state index contributed by atoms with van der Waals surface area (Å²) in [4.78, 5) is 49.2. The summed E-state index contributed by atoms with van der Waals surface area (Å²) in [6.45, 7) is 10.2. The summed E-state index contributed by atoms with van der Waals surface area (Å²) in [5.74, 6) is 0.427. The summed E-state index contributed by atoms with van der Waals surface area (Å²) in [6.07, 6.45) is 4.66. The van der Waals surface area contributed by atoms with Crippen LogP contribution in [0.2, 0.25) is 0 Å². The fourth-order valence-electron chi connectivity index (χ4n) is 2.62. The Balaban J connectivity index is 2.86. The molecule has 0 heterocycles. The number of carbonyl (C=O) groups is 4. The molecule has 0 spiro atoms. The maximum atomic E-state index is 12.7. The number of ether oxygens (including phenoxy) is 2. The molecule has 32 heavy (non-hydrogen) atoms. The van der Waals surface area contributed by atoms with Crippen molar-refractivity contribution in [1.29, 1.82) is 0 Å². The Kier molecular flexibility index (Phi) is 9.26. The second-order valence-corrected chi connectivity index (χ2v) is 8.48. The second-order valence-electron chi connectivity index (χ2n) is 8.48. The van der Waals surface area contributed by atoms with Gasteiger partial charge in [-0.2, -0.15) is 0 Å². The molecule has 0 radical (unpaired) electrons. The highest BCUT2D eigenvalue weighted by atomic mass is 16.6. The maximum absolute atomic E-state index is 12.7. The third-order valence-corrected chi connectivity index (χ3v) is 4.22. The molecule has 0 saturated heterocycles. The lowest BCUT2D eigenvalue weighted by Gasteiger charge is -2.26. The summed E-state index contributed by atoms with van der Waals surface area (Å²) in [6, 6.07) is 2.60. The minimum atomic E-state index is -0.932. The molecule has 0 saturated carbocycles. The SMILES string of the molecule is C#Cc1ccc(NC(=O)C(C)NC(=O)C(NC(=O)OC(C)(C)C)C(C)C)cc1C(=O)OC. The summed E-state index contributed by atoms with van der Waals surface area (Å²) in [5, 5.41) is 7.72. The van der Waals surface area contributed by atoms with E-state index < -0.39 is 41.6 Å². The van der Waals surface area contributed by atoms with Crippen molar-refractivity contribution in [2.75, 3.05) is 12.4 Å². The van der Waals surface area contributed by atoms with Crippen LogP contribution in [0.1, 0.15) is 57.5 Å². The quantitative estimate of drug-likeness (QED) is 0.438. The monoisotopic (exact) mass is 445 g/mol. The van der Waals surface area contributed by atoms with Crippen LogP contribution in [0.4, 0.5) is 10.5 Å². The number of methoxy groups -OCH3 is 1. The molecule has 0 aliphatic rings. The number of terminal acetylenes is 1. The van der Waals surface area contributed by atoms with E-state index in [1.807, 2.05) is 0 Å². The van der Waals surface area contributed by atoms with Gasteiger partial charge in [-0.1, -0.05) is 19.8 Å². The maximum Gasteiger partial charge on any atom is 0.408 e. The average molecular weight is 446 g/mol. The number of nitrogens with one attached hydrogen (secondary N) is 3. The minimum Gasteiger partial charge on any atom is -0.465 e. The van der Waals surface area contributed by atoms with Gasteiger partial charge in [0.05, 0.1) is 12.7 Å². The zero-order chi connectivity index (χ0) is 24.6. The van der Waals surface area contributed by atoms with E-state index in [0.29, 0.717) is 11.3 Å². The molecule has 2 unspecified atom stereocenters. The van der Waals surface area contributed by atoms with Crippen molar-refractivity contribution in [3.8, 4) is 12.3 Å². The molecule has 0 fully saturated rings. The van der Waals surface area contributed by atoms with Gasteiger partial charge in [0.1, 0.15) is 17.7 Å². The first-order chi connectivity index (χ1) is 14.8. The van der Waals surface area contributed by atoms with Crippen LogP contribution in [0, 0.1) is 18.3 Å². The molecule has 9 nitrogen and oxygen atoms in total. The first-order valence-electron chi connectivity index (χ1n) is 10.1. The highest BCUT2D eigenvalue weighted by Crippen LogP contribution is 2.17. The molecular formula is C23H31N3O6. The van der Waals surface area contributed by atoms with Gasteiger partial charge in [0.25, 0.3) is 0 Å². The zero-order valence-corrected chi connectivity index (χ0v) is 19.5. The van der Waals surface area contributed by atoms with Gasteiger partial charge in [-0.05, 0) is 51.8 Å². The van der Waals surface area contributed by atoms with Gasteiger partial charge in [0.2, 0.25) is 11.8 Å². The minimum absolute atomic E-state index is 0.130. The Bertz CT molecular complexity index is 911. The predicted octanol–water partition coefficient (Wildman–Crippen LogP) is 2.45. The van der Waals surface area contributed by atoms with Gasteiger partial charge in [-0.15, -0.1) is 6.42 Å². The topological polar surface area (TPSA) is 123 Å². The molecule has 1 rings (SSSR count). The second kappa shape index (κ2) is 11.2. The average Bonchev–Trinajstić information content (AvgIpc) is 2.69. The predicted molar refractivity (Wildman–Crippen MR) is 120 cm³/mol. The third-order valence-electron chi connectivity index (χ3n) is 4.22. The zero-order valence-electron chi connectivity index (χ0n) is 19.5. The lowest BCUT2D eigenvalue weighted by molar-refractivity contribution is -0.128. The van der Waals surface area contributed by atoms with Crippen molar-refractivity contribution in [2.24, 2.45) is 5.92 Å². The first-order valence-corrected chi connectivity index (χ1v) is 10.1. The lowest BCUT2D eigenvalue weighted by atomic mass is 10.0. The number of anilines is 1. The van der Waals surface area contributed by atoms with E-state index in [0.717, 1.165) is 0 Å². The van der Waals surface area contributed by atoms with Crippen LogP contribution in [0.15, 0.2) is 18.2 Å². The Labute approximate surface area is 188 Å². The van der Waals surface area contributed by atoms with Gasteiger partial charge >= 0.3 is 12.1 Å². The largest absolute Gasteiger partial charge is 0.465 e. The Morgan fingerprint density at radius 3 is 2.16 bits per heavy atom. The number of hydrogen-bond acceptors (Lipinski definition) is 6. The summed E-state index contributed by atoms with van der Waals surface area (Å²) in [5.41, 5.74) is 0.0470. The van der Waals surface area contributed by atoms with Crippen LogP contribution < -0.4 is 16.0 Å². The van der Waals surface area contributed by atoms with Gasteiger partial charge in [0.15, 0.2) is 0 Å². The number of hydrogen-bond donors (Lipinski definition) is 3. The van der Waals surface area contributed by atoms with Crippen molar-refractivity contribution in [1.82, 2.24) is 10.6 Å². The first kappa shape index (κ1) is 26.5. The van der Waals surface area contributed by atoms with Gasteiger partial charge in [0, 0.05) is 11.3 Å². The summed E-state index contributed by atoms with van der Waals surface area (Å²) < 4.78 is 9.90. The Morgan fingerprint density at radius 2 is 1.66 bits per heavy atom. The van der Waals surface area contributed by atoms with E-state index >= 15 is 0 Å². The summed E-state index contributed by atoms with van der Waals surface area (Å²) in [7, 11) is 1.22. The summed E-state index contributed by atoms with van der Waals surface area (Å²) >= 11 is 0. The van der Waals surface area contributed by atoms with Crippen molar-refractivity contribution < 1.29 is 28.7 Å². The van der Waals surface area contributed by atoms with E-state index in [1.165, 1.54) is 32.2 Å². The van der Waals surface area contributed by atoms with Crippen molar-refractivity contribution in [2.45, 2.75) is 59.2 Å². The molecule has 174 valence electrons. The van der Waals surface area contributed by atoms with E-state index in [1.54, 1.807) is 34.6 Å². The van der Waals surface area contributed by atoms with Crippen LogP contribution in [0.3, 0.4) is 0 Å². The van der Waals surface area contributed by atoms with Crippen molar-refractivity contribution in [3.63, 3.8) is 0 Å². The molecule has 9 heteroatoms. The number of carbonyl (C=O) groups excluding carboxylic acids is 4. The van der Waals surface area contributed by atoms with Crippen molar-refractivity contribution >= 4 is 29.6 Å². The number of esters is 1. The number of rotatable bonds is 7. The molecule has 2 atom stereocenters. The Morgan fingerprint density at radius 1 is 1.03 bits per heavy atom. The molecule has 3 N–H and O–H groups in total. The lowest BCUT2D eigenvalue weighted by Crippen LogP contribution is -2.54. The molecular weight excluding hydrogens is 414 g/mol. The van der Waals surface area contributed by atoms with E-state index in [4.69, 9.17) is 15.9 Å². The van der Waals surface area contributed by atoms with E-state index in [-0.39, 0.29) is 11.5 Å². The fraction of sp³-hybridized carbons (Fsp3) is 0.478. The van der Waals surface area contributed by atoms with Crippen LogP contribution in [0.25, 0.3) is 0 Å². The van der Waals surface area contributed by atoms with Gasteiger partial charge < -0.3 is 25.4 Å². The highest BCUT2D eigenvalue weighted by molar-refractivity contribution is 6.00. The molecule has 0 aromatic heterocycles. The molecule has 0 aliphatic carbocycles. The van der Waals surface area contributed by atoms with E-state index in [2.05, 4.69) is 21.9 Å². The molecule has 3 amide bonds. The molecule has 1 aromatic rings. The normalized spacial score (nSPS) is 12.7. The van der Waals surface area contributed by atoms with Gasteiger partial charge in [-0.25, -0.2) is 9.59 Å². The molecule has 0 aliphatic heterocycles. The standard InChI is InChI=1S/C23H31N3O6/c1-9-15-10-11-16(12-17(15)21(29)31-8)25-19(27)14(4)24-20(28)18(13(2)3)26-22(30)32-23(5,6)7/h1,10-14,18H,2-8H3,(H,24,28)(H,25,27)(H,26,30). The van der Waals surface area contributed by atoms with E-state index in [9.17, 15) is 19.2 Å². The molecule has 1 aromatic carbocycles. The number of benzene rings is 1. The van der Waals surface area contributed by atoms with Gasteiger partial charge in [-0.3, -0.25) is 9.59 Å². The Hall–Kier alpha value is -3.54. The number of amides is 3.